The highest BCUT2D eigenvalue weighted by molar-refractivity contribution is 5.87. The third-order valence-electron chi connectivity index (χ3n) is 3.94. The number of phenolic OH excluding ortho intramolecular Hbond substituents is 1. The van der Waals surface area contributed by atoms with Crippen LogP contribution in [0.25, 0.3) is 0 Å². The summed E-state index contributed by atoms with van der Waals surface area (Å²) in [5.41, 5.74) is -2.14. The molecule has 0 saturated heterocycles. The van der Waals surface area contributed by atoms with Crippen LogP contribution in [0.1, 0.15) is 10.4 Å². The van der Waals surface area contributed by atoms with Gasteiger partial charge in [-0.2, -0.15) is 0 Å². The van der Waals surface area contributed by atoms with Crippen molar-refractivity contribution in [3.05, 3.63) is 29.8 Å². The predicted molar refractivity (Wildman–Crippen MR) is 93.3 cm³/mol. The molecule has 0 bridgehead atoms. The Hall–Kier alpha value is -1.79. The Labute approximate surface area is 156 Å². The summed E-state index contributed by atoms with van der Waals surface area (Å²) in [6.07, 6.45) is 0. The van der Waals surface area contributed by atoms with Gasteiger partial charge in [0, 0.05) is 0 Å². The average Bonchev–Trinajstić information content (AvgIpc) is 2.70. The predicted octanol–water partition coefficient (Wildman–Crippen LogP) is -1.98. The number of carbonyl (C=O) groups is 1. The van der Waals surface area contributed by atoms with Crippen LogP contribution in [-0.2, 0) is 4.74 Å². The van der Waals surface area contributed by atoms with E-state index in [-0.39, 0.29) is 24.5 Å². The van der Waals surface area contributed by atoms with Gasteiger partial charge in [-0.1, -0.05) is 0 Å². The van der Waals surface area contributed by atoms with Gasteiger partial charge in [0.05, 0.1) is 69.2 Å². The third-order valence-corrected chi connectivity index (χ3v) is 3.94. The van der Waals surface area contributed by atoms with Crippen LogP contribution < -0.4 is 0 Å². The lowest BCUT2D eigenvalue weighted by molar-refractivity contribution is -0.103. The van der Waals surface area contributed by atoms with Crippen molar-refractivity contribution in [2.45, 2.75) is 0 Å². The van der Waals surface area contributed by atoms with Crippen molar-refractivity contribution in [2.75, 3.05) is 52.9 Å². The fourth-order valence-electron chi connectivity index (χ4n) is 1.66. The van der Waals surface area contributed by atoms with Gasteiger partial charge in [0.25, 0.3) is 0 Å². The van der Waals surface area contributed by atoms with E-state index in [0.29, 0.717) is 0 Å². The van der Waals surface area contributed by atoms with Crippen LogP contribution in [-0.4, -0.2) is 99.7 Å². The number of aromatic carboxylic acids is 1. The van der Waals surface area contributed by atoms with E-state index in [1.807, 2.05) is 0 Å². The minimum absolute atomic E-state index is 0.0741. The Morgan fingerprint density at radius 2 is 1.07 bits per heavy atom. The zero-order valence-electron chi connectivity index (χ0n) is 14.9. The molecule has 1 aromatic carbocycles. The molecule has 0 unspecified atom stereocenters. The number of carboxylic acids is 1. The van der Waals surface area contributed by atoms with E-state index < -0.39 is 56.4 Å². The molecule has 10 heteroatoms. The van der Waals surface area contributed by atoms with Gasteiger partial charge in [-0.25, -0.2) is 4.79 Å². The quantitative estimate of drug-likeness (QED) is 0.209. The molecule has 8 N–H and O–H groups in total. The van der Waals surface area contributed by atoms with E-state index in [4.69, 9.17) is 45.6 Å². The number of aliphatic hydroxyl groups excluding tert-OH is 6. The normalized spacial score (nSPS) is 11.6. The van der Waals surface area contributed by atoms with E-state index in [1.165, 1.54) is 24.3 Å². The first kappa shape index (κ1) is 25.2. The lowest BCUT2D eigenvalue weighted by atomic mass is 9.91. The lowest BCUT2D eigenvalue weighted by Gasteiger charge is -2.31. The Bertz CT molecular complexity index is 486. The number of carboxylic acid groups (broad SMARTS) is 1. The standard InChI is InChI=1S/C10H22O7.C7H6O3/c11-1-9(2-12,3-13)7-17-8-10(4-14,5-15)6-16;8-6-3-1-5(2-4-6)7(9)10/h11-16H,1-8H2;1-4,8H,(H,9,10). The largest absolute Gasteiger partial charge is 0.508 e. The molecule has 27 heavy (non-hydrogen) atoms. The number of rotatable bonds is 11. The highest BCUT2D eigenvalue weighted by Crippen LogP contribution is 2.19. The molecule has 0 heterocycles. The first-order chi connectivity index (χ1) is 12.8. The van der Waals surface area contributed by atoms with E-state index in [0.717, 1.165) is 0 Å². The molecule has 0 amide bonds. The third kappa shape index (κ3) is 8.18. The maximum absolute atomic E-state index is 10.2. The van der Waals surface area contributed by atoms with Crippen LogP contribution in [0, 0.1) is 10.8 Å². The minimum atomic E-state index is -1.16. The van der Waals surface area contributed by atoms with Gasteiger partial charge in [-0.05, 0) is 24.3 Å². The number of hydrogen-bond donors (Lipinski definition) is 8. The van der Waals surface area contributed by atoms with Crippen molar-refractivity contribution in [3.8, 4) is 5.75 Å². The summed E-state index contributed by atoms with van der Waals surface area (Å²) in [5.74, 6) is -0.912. The number of aromatic hydroxyl groups is 1. The minimum Gasteiger partial charge on any atom is -0.508 e. The molecule has 1 rings (SSSR count). The number of hydrogen-bond acceptors (Lipinski definition) is 9. The molecule has 0 fully saturated rings. The van der Waals surface area contributed by atoms with Crippen molar-refractivity contribution in [1.82, 2.24) is 0 Å². The highest BCUT2D eigenvalue weighted by Gasteiger charge is 2.32. The lowest BCUT2D eigenvalue weighted by Crippen LogP contribution is -2.43. The van der Waals surface area contributed by atoms with Crippen LogP contribution in [0.15, 0.2) is 24.3 Å². The maximum atomic E-state index is 10.2. The van der Waals surface area contributed by atoms with E-state index >= 15 is 0 Å². The van der Waals surface area contributed by atoms with Crippen LogP contribution in [0.3, 0.4) is 0 Å². The van der Waals surface area contributed by atoms with Gasteiger partial charge in [-0.15, -0.1) is 0 Å². The molecular formula is C17H28O10. The summed E-state index contributed by atoms with van der Waals surface area (Å²) in [5, 5.41) is 71.3. The molecule has 156 valence electrons. The molecule has 0 aliphatic heterocycles. The molecule has 0 spiro atoms. The molecule has 0 saturated carbocycles. The molecule has 0 aromatic heterocycles. The molecule has 10 nitrogen and oxygen atoms in total. The fourth-order valence-corrected chi connectivity index (χ4v) is 1.66. The molecule has 0 atom stereocenters. The highest BCUT2D eigenvalue weighted by atomic mass is 16.5. The van der Waals surface area contributed by atoms with Gasteiger partial charge in [0.1, 0.15) is 5.75 Å². The topological polar surface area (TPSA) is 188 Å². The zero-order valence-corrected chi connectivity index (χ0v) is 14.9. The van der Waals surface area contributed by atoms with E-state index in [2.05, 4.69) is 0 Å². The van der Waals surface area contributed by atoms with Crippen LogP contribution >= 0.6 is 0 Å². The Balaban J connectivity index is 0.000000569. The Morgan fingerprint density at radius 1 is 0.741 bits per heavy atom. The molecule has 0 radical (unpaired) electrons. The van der Waals surface area contributed by atoms with Crippen molar-refractivity contribution in [2.24, 2.45) is 10.8 Å². The Morgan fingerprint density at radius 3 is 1.33 bits per heavy atom. The SMILES string of the molecule is O=C(O)c1ccc(O)cc1.OCC(CO)(CO)COCC(CO)(CO)CO. The summed E-state index contributed by atoms with van der Waals surface area (Å²) < 4.78 is 5.15. The van der Waals surface area contributed by atoms with Crippen LogP contribution in [0.5, 0.6) is 5.75 Å². The van der Waals surface area contributed by atoms with Gasteiger partial charge in [0.2, 0.25) is 0 Å². The maximum Gasteiger partial charge on any atom is 0.335 e. The second-order valence-corrected chi connectivity index (χ2v) is 6.29. The van der Waals surface area contributed by atoms with E-state index in [9.17, 15) is 4.79 Å². The second kappa shape index (κ2) is 12.6. The number of aliphatic hydroxyl groups is 6. The van der Waals surface area contributed by atoms with Crippen molar-refractivity contribution >= 4 is 5.97 Å². The van der Waals surface area contributed by atoms with Crippen molar-refractivity contribution in [3.63, 3.8) is 0 Å². The average molecular weight is 392 g/mol. The molecule has 1 aromatic rings. The summed E-state index contributed by atoms with van der Waals surface area (Å²) >= 11 is 0. The van der Waals surface area contributed by atoms with Crippen LogP contribution in [0.4, 0.5) is 0 Å². The summed E-state index contributed by atoms with van der Waals surface area (Å²) in [4.78, 5) is 10.2. The second-order valence-electron chi connectivity index (χ2n) is 6.29. The Kier molecular flexibility index (Phi) is 11.7. The summed E-state index contributed by atoms with van der Waals surface area (Å²) in [7, 11) is 0. The molecule has 0 aliphatic carbocycles. The van der Waals surface area contributed by atoms with Gasteiger partial charge >= 0.3 is 5.97 Å². The molecular weight excluding hydrogens is 364 g/mol. The number of ether oxygens (including phenoxy) is 1. The van der Waals surface area contributed by atoms with Crippen molar-refractivity contribution < 1.29 is 50.4 Å². The molecule has 0 aliphatic rings. The fraction of sp³-hybridized carbons (Fsp3) is 0.588. The van der Waals surface area contributed by atoms with Crippen molar-refractivity contribution in [1.29, 1.82) is 0 Å². The van der Waals surface area contributed by atoms with E-state index in [1.54, 1.807) is 0 Å². The first-order valence-electron chi connectivity index (χ1n) is 8.03. The van der Waals surface area contributed by atoms with Gasteiger partial charge in [-0.3, -0.25) is 0 Å². The number of benzene rings is 1. The van der Waals surface area contributed by atoms with Crippen LogP contribution in [0.2, 0.25) is 0 Å². The number of phenols is 1. The first-order valence-corrected chi connectivity index (χ1v) is 8.03. The monoisotopic (exact) mass is 392 g/mol. The zero-order chi connectivity index (χ0) is 20.9. The van der Waals surface area contributed by atoms with Gasteiger partial charge in [0.15, 0.2) is 0 Å². The van der Waals surface area contributed by atoms with Gasteiger partial charge < -0.3 is 45.6 Å². The summed E-state index contributed by atoms with van der Waals surface area (Å²) in [6.45, 7) is -3.01. The summed E-state index contributed by atoms with van der Waals surface area (Å²) in [6, 6.07) is 5.36. The smallest absolute Gasteiger partial charge is 0.335 e.